The van der Waals surface area contributed by atoms with Crippen LogP contribution in [0.25, 0.3) is 0 Å². The van der Waals surface area contributed by atoms with Crippen LogP contribution in [-0.2, 0) is 16.1 Å². The smallest absolute Gasteiger partial charge is 0.307 e. The Morgan fingerprint density at radius 1 is 1.00 bits per heavy atom. The topological polar surface area (TPSA) is 55.8 Å². The third-order valence-electron chi connectivity index (χ3n) is 4.04. The average molecular weight is 369 g/mol. The van der Waals surface area contributed by atoms with Crippen LogP contribution in [0.1, 0.15) is 36.2 Å². The van der Waals surface area contributed by atoms with Crippen molar-refractivity contribution < 1.29 is 19.1 Å². The molecule has 0 N–H and O–H groups in total. The molecule has 0 spiro atoms. The van der Waals surface area contributed by atoms with Gasteiger partial charge in [0.05, 0.1) is 13.5 Å². The van der Waals surface area contributed by atoms with Gasteiger partial charge in [-0.2, -0.15) is 0 Å². The number of methoxy groups -OCH3 is 1. The van der Waals surface area contributed by atoms with Crippen molar-refractivity contribution in [1.29, 1.82) is 0 Å². The highest BCUT2D eigenvalue weighted by atomic mass is 16.5. The van der Waals surface area contributed by atoms with E-state index in [1.54, 1.807) is 29.2 Å². The molecule has 0 aliphatic rings. The molecule has 1 amide bonds. The largest absolute Gasteiger partial charge is 0.489 e. The summed E-state index contributed by atoms with van der Waals surface area (Å²) in [4.78, 5) is 25.9. The van der Waals surface area contributed by atoms with E-state index in [4.69, 9.17) is 4.74 Å². The summed E-state index contributed by atoms with van der Waals surface area (Å²) in [6, 6.07) is 17.0. The van der Waals surface area contributed by atoms with Gasteiger partial charge in [0.1, 0.15) is 12.4 Å². The van der Waals surface area contributed by atoms with Gasteiger partial charge in [-0.25, -0.2) is 0 Å². The van der Waals surface area contributed by atoms with E-state index >= 15 is 0 Å². The van der Waals surface area contributed by atoms with Gasteiger partial charge in [0, 0.05) is 18.7 Å². The van der Waals surface area contributed by atoms with Crippen molar-refractivity contribution in [2.24, 2.45) is 5.92 Å². The van der Waals surface area contributed by atoms with E-state index < -0.39 is 0 Å². The maximum atomic E-state index is 12.8. The van der Waals surface area contributed by atoms with Crippen LogP contribution in [0.5, 0.6) is 5.75 Å². The number of hydrogen-bond donors (Lipinski definition) is 0. The summed E-state index contributed by atoms with van der Waals surface area (Å²) in [6.45, 7) is 5.49. The third kappa shape index (κ3) is 6.77. The Labute approximate surface area is 160 Å². The Morgan fingerprint density at radius 3 is 2.26 bits per heavy atom. The Bertz CT molecular complexity index is 726. The zero-order valence-corrected chi connectivity index (χ0v) is 16.2. The van der Waals surface area contributed by atoms with Gasteiger partial charge in [0.25, 0.3) is 5.91 Å². The van der Waals surface area contributed by atoms with Crippen LogP contribution in [-0.4, -0.2) is 37.0 Å². The molecule has 2 aromatic rings. The SMILES string of the molecule is COC(=O)CCN(CC(C)C)C(=O)c1ccc(OCc2ccccc2)cc1. The van der Waals surface area contributed by atoms with Crippen LogP contribution >= 0.6 is 0 Å². The third-order valence-corrected chi connectivity index (χ3v) is 4.04. The Balaban J connectivity index is 1.99. The lowest BCUT2D eigenvalue weighted by Crippen LogP contribution is -2.36. The molecule has 0 bridgehead atoms. The number of hydrogen-bond acceptors (Lipinski definition) is 4. The second-order valence-corrected chi connectivity index (χ2v) is 6.77. The van der Waals surface area contributed by atoms with Crippen molar-refractivity contribution in [2.75, 3.05) is 20.2 Å². The minimum Gasteiger partial charge on any atom is -0.489 e. The minimum absolute atomic E-state index is 0.0952. The number of ether oxygens (including phenoxy) is 2. The second-order valence-electron chi connectivity index (χ2n) is 6.77. The molecule has 0 aliphatic carbocycles. The average Bonchev–Trinajstić information content (AvgIpc) is 2.69. The highest BCUT2D eigenvalue weighted by Gasteiger charge is 2.18. The first-order valence-electron chi connectivity index (χ1n) is 9.12. The molecule has 5 heteroatoms. The van der Waals surface area contributed by atoms with Gasteiger partial charge in [-0.15, -0.1) is 0 Å². The molecule has 0 aliphatic heterocycles. The minimum atomic E-state index is -0.318. The maximum Gasteiger partial charge on any atom is 0.307 e. The first-order valence-corrected chi connectivity index (χ1v) is 9.12. The van der Waals surface area contributed by atoms with Crippen molar-refractivity contribution in [1.82, 2.24) is 4.90 Å². The Morgan fingerprint density at radius 2 is 1.67 bits per heavy atom. The molecule has 0 fully saturated rings. The Hall–Kier alpha value is -2.82. The highest BCUT2D eigenvalue weighted by Crippen LogP contribution is 2.16. The number of carbonyl (C=O) groups excluding carboxylic acids is 2. The van der Waals surface area contributed by atoms with Crippen molar-refractivity contribution in [3.63, 3.8) is 0 Å². The summed E-state index contributed by atoms with van der Waals surface area (Å²) in [5, 5.41) is 0. The van der Waals surface area contributed by atoms with Crippen LogP contribution in [0.15, 0.2) is 54.6 Å². The van der Waals surface area contributed by atoms with Gasteiger partial charge in [-0.05, 0) is 35.7 Å². The van der Waals surface area contributed by atoms with Crippen molar-refractivity contribution in [2.45, 2.75) is 26.9 Å². The molecular formula is C22H27NO4. The molecule has 0 saturated carbocycles. The second kappa shape index (κ2) is 10.4. The van der Waals surface area contributed by atoms with Crippen LogP contribution in [0.2, 0.25) is 0 Å². The first kappa shape index (κ1) is 20.5. The molecule has 2 aromatic carbocycles. The van der Waals surface area contributed by atoms with E-state index in [9.17, 15) is 9.59 Å². The van der Waals surface area contributed by atoms with Gasteiger partial charge in [0.15, 0.2) is 0 Å². The van der Waals surface area contributed by atoms with Gasteiger partial charge < -0.3 is 14.4 Å². The van der Waals surface area contributed by atoms with E-state index in [2.05, 4.69) is 4.74 Å². The molecule has 0 atom stereocenters. The summed E-state index contributed by atoms with van der Waals surface area (Å²) in [5.74, 6) is 0.601. The number of benzene rings is 2. The molecule has 144 valence electrons. The molecular weight excluding hydrogens is 342 g/mol. The lowest BCUT2D eigenvalue weighted by atomic mass is 10.1. The van der Waals surface area contributed by atoms with E-state index in [1.807, 2.05) is 44.2 Å². The van der Waals surface area contributed by atoms with Gasteiger partial charge in [-0.3, -0.25) is 9.59 Å². The molecule has 0 aromatic heterocycles. The van der Waals surface area contributed by atoms with Gasteiger partial charge in [-0.1, -0.05) is 44.2 Å². The lowest BCUT2D eigenvalue weighted by molar-refractivity contribution is -0.140. The highest BCUT2D eigenvalue weighted by molar-refractivity contribution is 5.94. The van der Waals surface area contributed by atoms with Crippen molar-refractivity contribution in [3.8, 4) is 5.75 Å². The maximum absolute atomic E-state index is 12.8. The van der Waals surface area contributed by atoms with Crippen LogP contribution in [0, 0.1) is 5.92 Å². The first-order chi connectivity index (χ1) is 13.0. The summed E-state index contributed by atoms with van der Waals surface area (Å²) in [6.07, 6.45) is 0.188. The number of nitrogens with zero attached hydrogens (tertiary/aromatic N) is 1. The van der Waals surface area contributed by atoms with Crippen LogP contribution in [0.3, 0.4) is 0 Å². The predicted molar refractivity (Wildman–Crippen MR) is 105 cm³/mol. The quantitative estimate of drug-likeness (QED) is 0.629. The van der Waals surface area contributed by atoms with Crippen molar-refractivity contribution >= 4 is 11.9 Å². The summed E-state index contributed by atoms with van der Waals surface area (Å²) >= 11 is 0. The fraction of sp³-hybridized carbons (Fsp3) is 0.364. The normalized spacial score (nSPS) is 10.5. The predicted octanol–water partition coefficient (Wildman–Crippen LogP) is 3.93. The van der Waals surface area contributed by atoms with Gasteiger partial charge >= 0.3 is 5.97 Å². The number of rotatable bonds is 9. The lowest BCUT2D eigenvalue weighted by Gasteiger charge is -2.24. The number of esters is 1. The summed E-state index contributed by atoms with van der Waals surface area (Å²) in [7, 11) is 1.35. The number of amides is 1. The molecule has 0 unspecified atom stereocenters. The van der Waals surface area contributed by atoms with Crippen LogP contribution < -0.4 is 4.74 Å². The molecule has 2 rings (SSSR count). The summed E-state index contributed by atoms with van der Waals surface area (Å²) < 4.78 is 10.4. The summed E-state index contributed by atoms with van der Waals surface area (Å²) in [5.41, 5.74) is 1.66. The molecule has 5 nitrogen and oxygen atoms in total. The van der Waals surface area contributed by atoms with E-state index in [0.29, 0.717) is 36.9 Å². The van der Waals surface area contributed by atoms with E-state index in [-0.39, 0.29) is 18.3 Å². The zero-order valence-electron chi connectivity index (χ0n) is 16.2. The molecule has 0 radical (unpaired) electrons. The van der Waals surface area contributed by atoms with E-state index in [0.717, 1.165) is 5.56 Å². The zero-order chi connectivity index (χ0) is 19.6. The fourth-order valence-corrected chi connectivity index (χ4v) is 2.66. The van der Waals surface area contributed by atoms with Gasteiger partial charge in [0.2, 0.25) is 0 Å². The number of carbonyl (C=O) groups is 2. The molecule has 0 heterocycles. The Kier molecular flexibility index (Phi) is 7.86. The monoisotopic (exact) mass is 369 g/mol. The van der Waals surface area contributed by atoms with Crippen molar-refractivity contribution in [3.05, 3.63) is 65.7 Å². The van der Waals surface area contributed by atoms with Crippen LogP contribution in [0.4, 0.5) is 0 Å². The van der Waals surface area contributed by atoms with E-state index in [1.165, 1.54) is 7.11 Å². The fourth-order valence-electron chi connectivity index (χ4n) is 2.66. The standard InChI is InChI=1S/C22H27NO4/c1-17(2)15-23(14-13-21(24)26-3)22(25)19-9-11-20(12-10-19)27-16-18-7-5-4-6-8-18/h4-12,17H,13-16H2,1-3H3. The molecule has 0 saturated heterocycles. The molecule has 27 heavy (non-hydrogen) atoms.